The SMILES string of the molecule is O=C(Nc1c(F)cccc1F)N1CC(Cn2ccnn2)C1. The zero-order valence-corrected chi connectivity index (χ0v) is 11.0. The molecule has 110 valence electrons. The molecule has 1 aromatic carbocycles. The van der Waals surface area contributed by atoms with Crippen LogP contribution in [-0.2, 0) is 6.54 Å². The Kier molecular flexibility index (Phi) is 3.51. The molecule has 0 bridgehead atoms. The van der Waals surface area contributed by atoms with Gasteiger partial charge in [-0.25, -0.2) is 13.6 Å². The third kappa shape index (κ3) is 2.83. The van der Waals surface area contributed by atoms with Gasteiger partial charge in [0.2, 0.25) is 0 Å². The Labute approximate surface area is 119 Å². The molecule has 1 aromatic heterocycles. The van der Waals surface area contributed by atoms with Crippen LogP contribution in [0.5, 0.6) is 0 Å². The van der Waals surface area contributed by atoms with Crippen molar-refractivity contribution in [2.45, 2.75) is 6.54 Å². The van der Waals surface area contributed by atoms with E-state index in [9.17, 15) is 13.6 Å². The lowest BCUT2D eigenvalue weighted by Crippen LogP contribution is -2.53. The van der Waals surface area contributed by atoms with Crippen LogP contribution in [0, 0.1) is 17.6 Å². The summed E-state index contributed by atoms with van der Waals surface area (Å²) in [7, 11) is 0. The molecule has 1 N–H and O–H groups in total. The van der Waals surface area contributed by atoms with E-state index in [0.717, 1.165) is 12.1 Å². The Balaban J connectivity index is 1.54. The lowest BCUT2D eigenvalue weighted by molar-refractivity contribution is 0.117. The number of hydrogen-bond donors (Lipinski definition) is 1. The van der Waals surface area contributed by atoms with E-state index in [1.807, 2.05) is 0 Å². The number of aromatic nitrogens is 3. The topological polar surface area (TPSA) is 63.1 Å². The van der Waals surface area contributed by atoms with Gasteiger partial charge < -0.3 is 10.2 Å². The second-order valence-electron chi connectivity index (χ2n) is 4.92. The van der Waals surface area contributed by atoms with E-state index in [0.29, 0.717) is 19.6 Å². The first-order valence-electron chi connectivity index (χ1n) is 6.47. The molecule has 2 aromatic rings. The number of carbonyl (C=O) groups excluding carboxylic acids is 1. The summed E-state index contributed by atoms with van der Waals surface area (Å²) in [5, 5.41) is 9.81. The van der Waals surface area contributed by atoms with Crippen molar-refractivity contribution < 1.29 is 13.6 Å². The maximum absolute atomic E-state index is 13.4. The Hall–Kier alpha value is -2.51. The van der Waals surface area contributed by atoms with Crippen LogP contribution in [0.2, 0.25) is 0 Å². The number of hydrogen-bond acceptors (Lipinski definition) is 3. The van der Waals surface area contributed by atoms with E-state index < -0.39 is 23.4 Å². The molecule has 1 fully saturated rings. The standard InChI is InChI=1S/C13H13F2N5O/c14-10-2-1-3-11(15)12(10)17-13(21)19-6-9(7-19)8-20-5-4-16-18-20/h1-5,9H,6-8H2,(H,17,21). The molecule has 1 aliphatic rings. The third-order valence-electron chi connectivity index (χ3n) is 3.36. The highest BCUT2D eigenvalue weighted by molar-refractivity contribution is 5.90. The van der Waals surface area contributed by atoms with Crippen molar-refractivity contribution in [1.29, 1.82) is 0 Å². The Bertz CT molecular complexity index is 620. The summed E-state index contributed by atoms with van der Waals surface area (Å²) >= 11 is 0. The first-order valence-corrected chi connectivity index (χ1v) is 6.47. The minimum Gasteiger partial charge on any atom is -0.324 e. The zero-order valence-electron chi connectivity index (χ0n) is 11.0. The number of nitrogens with zero attached hydrogens (tertiary/aromatic N) is 4. The molecular formula is C13H13F2N5O. The van der Waals surface area contributed by atoms with Gasteiger partial charge in [0.05, 0.1) is 6.20 Å². The number of anilines is 1. The summed E-state index contributed by atoms with van der Waals surface area (Å²) < 4.78 is 28.6. The molecule has 3 rings (SSSR count). The van der Waals surface area contributed by atoms with Crippen molar-refractivity contribution in [3.05, 3.63) is 42.2 Å². The second kappa shape index (κ2) is 5.47. The Morgan fingerprint density at radius 2 is 2.05 bits per heavy atom. The molecular weight excluding hydrogens is 280 g/mol. The molecule has 1 saturated heterocycles. The Morgan fingerprint density at radius 3 is 2.67 bits per heavy atom. The highest BCUT2D eigenvalue weighted by Crippen LogP contribution is 2.22. The predicted octanol–water partition coefficient (Wildman–Crippen LogP) is 1.72. The van der Waals surface area contributed by atoms with Crippen molar-refractivity contribution in [3.8, 4) is 0 Å². The van der Waals surface area contributed by atoms with Crippen LogP contribution in [0.25, 0.3) is 0 Å². The van der Waals surface area contributed by atoms with Crippen molar-refractivity contribution in [2.75, 3.05) is 18.4 Å². The molecule has 0 atom stereocenters. The first kappa shape index (κ1) is 13.5. The summed E-state index contributed by atoms with van der Waals surface area (Å²) in [6.07, 6.45) is 3.33. The fourth-order valence-electron chi connectivity index (χ4n) is 2.25. The molecule has 8 heteroatoms. The third-order valence-corrected chi connectivity index (χ3v) is 3.36. The highest BCUT2D eigenvalue weighted by atomic mass is 19.1. The number of halogens is 2. The van der Waals surface area contributed by atoms with Gasteiger partial charge >= 0.3 is 6.03 Å². The molecule has 0 radical (unpaired) electrons. The van der Waals surface area contributed by atoms with E-state index in [1.54, 1.807) is 17.1 Å². The van der Waals surface area contributed by atoms with Gasteiger partial charge in [0.25, 0.3) is 0 Å². The molecule has 0 saturated carbocycles. The number of urea groups is 1. The smallest absolute Gasteiger partial charge is 0.322 e. The van der Waals surface area contributed by atoms with Crippen molar-refractivity contribution in [1.82, 2.24) is 19.9 Å². The Morgan fingerprint density at radius 1 is 1.33 bits per heavy atom. The number of nitrogens with one attached hydrogen (secondary N) is 1. The van der Waals surface area contributed by atoms with Gasteiger partial charge in [0.1, 0.15) is 17.3 Å². The van der Waals surface area contributed by atoms with Crippen LogP contribution in [0.4, 0.5) is 19.3 Å². The van der Waals surface area contributed by atoms with Crippen molar-refractivity contribution in [2.24, 2.45) is 5.92 Å². The predicted molar refractivity (Wildman–Crippen MR) is 70.5 cm³/mol. The molecule has 6 nitrogen and oxygen atoms in total. The van der Waals surface area contributed by atoms with Gasteiger partial charge in [0, 0.05) is 31.7 Å². The number of benzene rings is 1. The van der Waals surface area contributed by atoms with E-state index in [4.69, 9.17) is 0 Å². The van der Waals surface area contributed by atoms with E-state index in [1.165, 1.54) is 11.0 Å². The summed E-state index contributed by atoms with van der Waals surface area (Å²) in [4.78, 5) is 13.4. The minimum atomic E-state index is -0.789. The number of likely N-dealkylation sites (tertiary alicyclic amines) is 1. The van der Waals surface area contributed by atoms with Crippen LogP contribution < -0.4 is 5.32 Å². The number of carbonyl (C=O) groups is 1. The molecule has 2 heterocycles. The van der Waals surface area contributed by atoms with Crippen molar-refractivity contribution in [3.63, 3.8) is 0 Å². The van der Waals surface area contributed by atoms with Crippen LogP contribution in [0.1, 0.15) is 0 Å². The second-order valence-corrected chi connectivity index (χ2v) is 4.92. The molecule has 2 amide bonds. The fraction of sp³-hybridized carbons (Fsp3) is 0.308. The molecule has 21 heavy (non-hydrogen) atoms. The monoisotopic (exact) mass is 293 g/mol. The van der Waals surface area contributed by atoms with Gasteiger partial charge in [-0.3, -0.25) is 4.68 Å². The lowest BCUT2D eigenvalue weighted by Gasteiger charge is -2.38. The maximum Gasteiger partial charge on any atom is 0.322 e. The average Bonchev–Trinajstić information content (AvgIpc) is 2.90. The summed E-state index contributed by atoms with van der Waals surface area (Å²) in [6.45, 7) is 1.70. The molecule has 0 unspecified atom stereocenters. The lowest BCUT2D eigenvalue weighted by atomic mass is 10.0. The first-order chi connectivity index (χ1) is 10.1. The molecule has 0 spiro atoms. The normalized spacial score (nSPS) is 14.9. The van der Waals surface area contributed by atoms with Gasteiger partial charge in [-0.1, -0.05) is 11.3 Å². The number of amides is 2. The van der Waals surface area contributed by atoms with Gasteiger partial charge in [-0.15, -0.1) is 5.10 Å². The number of para-hydroxylation sites is 1. The van der Waals surface area contributed by atoms with Crippen LogP contribution >= 0.6 is 0 Å². The molecule has 1 aliphatic heterocycles. The summed E-state index contributed by atoms with van der Waals surface area (Å²) in [6, 6.07) is 2.94. The van der Waals surface area contributed by atoms with E-state index >= 15 is 0 Å². The maximum atomic E-state index is 13.4. The summed E-state index contributed by atoms with van der Waals surface area (Å²) in [5.41, 5.74) is -0.415. The van der Waals surface area contributed by atoms with E-state index in [2.05, 4.69) is 15.6 Å². The summed E-state index contributed by atoms with van der Waals surface area (Å²) in [5.74, 6) is -1.31. The van der Waals surface area contributed by atoms with Gasteiger partial charge in [0.15, 0.2) is 0 Å². The van der Waals surface area contributed by atoms with Crippen LogP contribution in [0.15, 0.2) is 30.6 Å². The average molecular weight is 293 g/mol. The van der Waals surface area contributed by atoms with Gasteiger partial charge in [-0.2, -0.15) is 0 Å². The molecule has 0 aliphatic carbocycles. The zero-order chi connectivity index (χ0) is 14.8. The minimum absolute atomic E-state index is 0.267. The van der Waals surface area contributed by atoms with E-state index in [-0.39, 0.29) is 5.92 Å². The quantitative estimate of drug-likeness (QED) is 0.937. The number of rotatable bonds is 3. The van der Waals surface area contributed by atoms with Crippen molar-refractivity contribution >= 4 is 11.7 Å². The fourth-order valence-corrected chi connectivity index (χ4v) is 2.25. The highest BCUT2D eigenvalue weighted by Gasteiger charge is 2.31. The van der Waals surface area contributed by atoms with Gasteiger partial charge in [-0.05, 0) is 12.1 Å². The van der Waals surface area contributed by atoms with Crippen LogP contribution in [-0.4, -0.2) is 39.0 Å². The van der Waals surface area contributed by atoms with Crippen LogP contribution in [0.3, 0.4) is 0 Å². The largest absolute Gasteiger partial charge is 0.324 e.